The van der Waals surface area contributed by atoms with Crippen molar-refractivity contribution in [2.75, 3.05) is 0 Å². The van der Waals surface area contributed by atoms with Gasteiger partial charge in [0.2, 0.25) is 0 Å². The van der Waals surface area contributed by atoms with Crippen molar-refractivity contribution >= 4 is 38.1 Å². The predicted molar refractivity (Wildman–Crippen MR) is 94.5 cm³/mol. The van der Waals surface area contributed by atoms with E-state index in [4.69, 9.17) is 0 Å². The summed E-state index contributed by atoms with van der Waals surface area (Å²) in [4.78, 5) is 4.12. The van der Waals surface area contributed by atoms with E-state index in [0.29, 0.717) is 0 Å². The van der Waals surface area contributed by atoms with E-state index in [2.05, 4.69) is 97.7 Å². The lowest BCUT2D eigenvalue weighted by molar-refractivity contribution is 0.812. The van der Waals surface area contributed by atoms with Gasteiger partial charge in [-0.15, -0.1) is 0 Å². The van der Waals surface area contributed by atoms with E-state index >= 15 is 0 Å². The first kappa shape index (κ1) is 14.5. The van der Waals surface area contributed by atoms with Gasteiger partial charge >= 0.3 is 0 Å². The van der Waals surface area contributed by atoms with E-state index in [1.165, 1.54) is 11.1 Å². The van der Waals surface area contributed by atoms with Crippen LogP contribution in [-0.4, -0.2) is 6.21 Å². The SMILES string of the molecule is Brc1ccc(C2(c3ccc(Br)cc3)C=[C]N=CC=C2)cc1. The summed E-state index contributed by atoms with van der Waals surface area (Å²) in [5.41, 5.74) is 2.02. The Morgan fingerprint density at radius 1 is 0.810 bits per heavy atom. The molecule has 103 valence electrons. The Kier molecular flexibility index (Phi) is 4.22. The number of aliphatic imine (C=N–C) groups is 1. The van der Waals surface area contributed by atoms with E-state index in [1.54, 1.807) is 6.21 Å². The normalized spacial score (nSPS) is 15.9. The monoisotopic (exact) mass is 400 g/mol. The highest BCUT2D eigenvalue weighted by atomic mass is 79.9. The van der Waals surface area contributed by atoms with Crippen molar-refractivity contribution in [3.05, 3.63) is 93.0 Å². The van der Waals surface area contributed by atoms with Crippen molar-refractivity contribution in [2.24, 2.45) is 4.99 Å². The number of hydrogen-bond donors (Lipinski definition) is 0. The van der Waals surface area contributed by atoms with E-state index in [9.17, 15) is 0 Å². The molecule has 0 atom stereocenters. The largest absolute Gasteiger partial charge is 0.255 e. The molecule has 0 saturated heterocycles. The van der Waals surface area contributed by atoms with Gasteiger partial charge in [-0.3, -0.25) is 4.99 Å². The van der Waals surface area contributed by atoms with Crippen molar-refractivity contribution in [1.82, 2.24) is 0 Å². The number of hydrogen-bond acceptors (Lipinski definition) is 1. The highest BCUT2D eigenvalue weighted by Gasteiger charge is 2.29. The van der Waals surface area contributed by atoms with Gasteiger partial charge < -0.3 is 0 Å². The standard InChI is InChI=1S/C18H12Br2N/c19-16-6-2-14(3-7-16)18(10-1-12-21-13-11-18)15-4-8-17(20)9-5-15/h1-12H. The number of nitrogens with zero attached hydrogens (tertiary/aromatic N) is 1. The Labute approximate surface area is 141 Å². The average Bonchev–Trinajstić information content (AvgIpc) is 2.75. The molecule has 0 fully saturated rings. The van der Waals surface area contributed by atoms with E-state index < -0.39 is 0 Å². The minimum absolute atomic E-state index is 0.349. The second-order valence-corrected chi connectivity index (χ2v) is 6.62. The zero-order valence-electron chi connectivity index (χ0n) is 11.1. The maximum Gasteiger partial charge on any atom is 0.0859 e. The lowest BCUT2D eigenvalue weighted by Crippen LogP contribution is -2.22. The molecule has 3 rings (SSSR count). The number of benzene rings is 2. The predicted octanol–water partition coefficient (Wildman–Crippen LogP) is 5.46. The zero-order chi connectivity index (χ0) is 14.7. The van der Waals surface area contributed by atoms with Crippen LogP contribution in [0.15, 0.2) is 80.7 Å². The first-order chi connectivity index (χ1) is 10.2. The maximum absolute atomic E-state index is 4.12. The van der Waals surface area contributed by atoms with E-state index in [-0.39, 0.29) is 5.41 Å². The van der Waals surface area contributed by atoms with Gasteiger partial charge in [0.25, 0.3) is 0 Å². The van der Waals surface area contributed by atoms with Crippen LogP contribution in [0.25, 0.3) is 0 Å². The highest BCUT2D eigenvalue weighted by molar-refractivity contribution is 9.10. The van der Waals surface area contributed by atoms with Gasteiger partial charge in [-0.2, -0.15) is 0 Å². The number of allylic oxidation sites excluding steroid dienone is 3. The molecule has 0 unspecified atom stereocenters. The maximum atomic E-state index is 4.12. The summed E-state index contributed by atoms with van der Waals surface area (Å²) in [6.45, 7) is 0. The van der Waals surface area contributed by atoms with Crippen LogP contribution in [0.5, 0.6) is 0 Å². The van der Waals surface area contributed by atoms with Crippen LogP contribution in [0.1, 0.15) is 11.1 Å². The Hall–Kier alpha value is -1.45. The summed E-state index contributed by atoms with van der Waals surface area (Å²) in [7, 11) is 0. The molecule has 1 nitrogen and oxygen atoms in total. The van der Waals surface area contributed by atoms with Crippen LogP contribution in [0.4, 0.5) is 0 Å². The molecule has 0 aliphatic carbocycles. The minimum Gasteiger partial charge on any atom is -0.255 e. The third-order valence-electron chi connectivity index (χ3n) is 3.53. The number of halogens is 2. The molecule has 0 amide bonds. The zero-order valence-corrected chi connectivity index (χ0v) is 14.3. The highest BCUT2D eigenvalue weighted by Crippen LogP contribution is 2.37. The first-order valence-corrected chi connectivity index (χ1v) is 8.12. The van der Waals surface area contributed by atoms with Crippen molar-refractivity contribution in [2.45, 2.75) is 5.41 Å². The quantitative estimate of drug-likeness (QED) is 0.633. The van der Waals surface area contributed by atoms with Crippen LogP contribution in [0.3, 0.4) is 0 Å². The fourth-order valence-corrected chi connectivity index (χ4v) is 2.97. The molecule has 0 aromatic heterocycles. The second-order valence-electron chi connectivity index (χ2n) is 4.79. The molecule has 0 spiro atoms. The molecular formula is C18H12Br2N. The van der Waals surface area contributed by atoms with Crippen LogP contribution in [0.2, 0.25) is 0 Å². The van der Waals surface area contributed by atoms with Crippen LogP contribution < -0.4 is 0 Å². The molecule has 21 heavy (non-hydrogen) atoms. The molecular weight excluding hydrogens is 390 g/mol. The molecule has 2 aromatic rings. The summed E-state index contributed by atoms with van der Waals surface area (Å²) < 4.78 is 2.14. The summed E-state index contributed by atoms with van der Waals surface area (Å²) in [6, 6.07) is 16.7. The van der Waals surface area contributed by atoms with Crippen molar-refractivity contribution < 1.29 is 0 Å². The molecule has 2 aromatic carbocycles. The average molecular weight is 402 g/mol. The van der Waals surface area contributed by atoms with Crippen molar-refractivity contribution in [3.63, 3.8) is 0 Å². The van der Waals surface area contributed by atoms with E-state index in [0.717, 1.165) is 8.95 Å². The van der Waals surface area contributed by atoms with Gasteiger partial charge in [-0.1, -0.05) is 62.2 Å². The molecule has 0 saturated carbocycles. The van der Waals surface area contributed by atoms with Crippen LogP contribution in [0, 0.1) is 6.20 Å². The van der Waals surface area contributed by atoms with Gasteiger partial charge in [0.15, 0.2) is 0 Å². The molecule has 1 aliphatic heterocycles. The molecule has 1 heterocycles. The topological polar surface area (TPSA) is 12.4 Å². The van der Waals surface area contributed by atoms with Crippen LogP contribution in [-0.2, 0) is 5.41 Å². The lowest BCUT2D eigenvalue weighted by Gasteiger charge is -2.28. The Balaban J connectivity index is 2.20. The molecule has 0 bridgehead atoms. The third kappa shape index (κ3) is 2.94. The van der Waals surface area contributed by atoms with E-state index in [1.807, 2.05) is 12.2 Å². The fraction of sp³-hybridized carbons (Fsp3) is 0.0556. The minimum atomic E-state index is -0.349. The molecule has 3 heteroatoms. The first-order valence-electron chi connectivity index (χ1n) is 6.54. The van der Waals surface area contributed by atoms with Crippen LogP contribution >= 0.6 is 31.9 Å². The Morgan fingerprint density at radius 2 is 1.33 bits per heavy atom. The smallest absolute Gasteiger partial charge is 0.0859 e. The van der Waals surface area contributed by atoms with Gasteiger partial charge in [-0.05, 0) is 47.5 Å². The molecule has 0 N–H and O–H groups in total. The summed E-state index contributed by atoms with van der Waals surface area (Å²) in [5, 5.41) is 0. The Bertz CT molecular complexity index is 646. The summed E-state index contributed by atoms with van der Waals surface area (Å²) in [5.74, 6) is 0. The Morgan fingerprint density at radius 3 is 1.86 bits per heavy atom. The molecule has 1 aliphatic rings. The molecule has 1 radical (unpaired) electrons. The van der Waals surface area contributed by atoms with Gasteiger partial charge in [-0.25, -0.2) is 0 Å². The summed E-state index contributed by atoms with van der Waals surface area (Å²) >= 11 is 6.99. The summed E-state index contributed by atoms with van der Waals surface area (Å²) in [6.07, 6.45) is 10.9. The number of rotatable bonds is 2. The third-order valence-corrected chi connectivity index (χ3v) is 4.59. The van der Waals surface area contributed by atoms with Gasteiger partial charge in [0.05, 0.1) is 11.6 Å². The second kappa shape index (κ2) is 6.12. The van der Waals surface area contributed by atoms with Gasteiger partial charge in [0, 0.05) is 15.2 Å². The fourth-order valence-electron chi connectivity index (χ4n) is 2.45. The van der Waals surface area contributed by atoms with Crippen molar-refractivity contribution in [3.8, 4) is 0 Å². The van der Waals surface area contributed by atoms with Gasteiger partial charge in [0.1, 0.15) is 0 Å². The van der Waals surface area contributed by atoms with Crippen molar-refractivity contribution in [1.29, 1.82) is 0 Å². The lowest BCUT2D eigenvalue weighted by atomic mass is 9.74.